The van der Waals surface area contributed by atoms with Gasteiger partial charge in [0.05, 0.1) is 10.3 Å². The van der Waals surface area contributed by atoms with E-state index in [1.807, 2.05) is 13.8 Å². The number of isothiocyanates is 2. The minimum absolute atomic E-state index is 0.162. The van der Waals surface area contributed by atoms with Gasteiger partial charge in [-0.15, -0.1) is 0 Å². The van der Waals surface area contributed by atoms with Crippen LogP contribution < -0.4 is 0 Å². The Labute approximate surface area is 137 Å². The molecule has 0 unspecified atom stereocenters. The van der Waals surface area contributed by atoms with Crippen LogP contribution in [-0.4, -0.2) is 30.6 Å². The highest BCUT2D eigenvalue weighted by atomic mass is 32.1. The van der Waals surface area contributed by atoms with Crippen molar-refractivity contribution in [3.63, 3.8) is 0 Å². The van der Waals surface area contributed by atoms with Gasteiger partial charge in [0.25, 0.3) is 0 Å². The second kappa shape index (κ2) is 9.01. The first-order valence-electron chi connectivity index (χ1n) is 6.22. The SMILES string of the molecule is Cc1nc([C@@H](C)N=C=S)no1.Cc1nc([C@H](C)N=C=S)no1. The molecular weight excluding hydrogens is 324 g/mol. The van der Waals surface area contributed by atoms with Crippen molar-refractivity contribution in [3.8, 4) is 0 Å². The molecule has 10 heteroatoms. The van der Waals surface area contributed by atoms with Gasteiger partial charge in [0.2, 0.25) is 11.8 Å². The number of aryl methyl sites for hydroxylation is 2. The van der Waals surface area contributed by atoms with Crippen LogP contribution in [0.3, 0.4) is 0 Å². The Hall–Kier alpha value is -2.12. The number of thiocarbonyl (C=S) groups is 2. The Morgan fingerprint density at radius 1 is 0.864 bits per heavy atom. The van der Waals surface area contributed by atoms with E-state index >= 15 is 0 Å². The zero-order valence-corrected chi connectivity index (χ0v) is 14.1. The maximum absolute atomic E-state index is 4.75. The average molecular weight is 338 g/mol. The van der Waals surface area contributed by atoms with E-state index < -0.39 is 0 Å². The summed E-state index contributed by atoms with van der Waals surface area (Å²) in [6, 6.07) is -0.324. The molecule has 0 aliphatic rings. The third-order valence-corrected chi connectivity index (χ3v) is 2.54. The Morgan fingerprint density at radius 2 is 1.23 bits per heavy atom. The first-order chi connectivity index (χ1) is 10.5. The molecule has 2 rings (SSSR count). The van der Waals surface area contributed by atoms with Gasteiger partial charge in [-0.2, -0.15) is 9.97 Å². The fraction of sp³-hybridized carbons (Fsp3) is 0.500. The van der Waals surface area contributed by atoms with Gasteiger partial charge < -0.3 is 9.05 Å². The molecule has 0 spiro atoms. The molecule has 0 fully saturated rings. The van der Waals surface area contributed by atoms with Gasteiger partial charge in [0, 0.05) is 13.8 Å². The largest absolute Gasteiger partial charge is 0.340 e. The first-order valence-corrected chi connectivity index (χ1v) is 7.04. The van der Waals surface area contributed by atoms with Crippen LogP contribution in [0.1, 0.15) is 49.4 Å². The Bertz CT molecular complexity index is 640. The summed E-state index contributed by atoms with van der Waals surface area (Å²) in [5.41, 5.74) is 0. The second-order valence-corrected chi connectivity index (χ2v) is 4.50. The molecule has 0 saturated heterocycles. The van der Waals surface area contributed by atoms with Gasteiger partial charge >= 0.3 is 0 Å². The maximum Gasteiger partial charge on any atom is 0.223 e. The number of aromatic nitrogens is 4. The summed E-state index contributed by atoms with van der Waals surface area (Å²) in [6.07, 6.45) is 0. The summed E-state index contributed by atoms with van der Waals surface area (Å²) in [4.78, 5) is 15.5. The lowest BCUT2D eigenvalue weighted by Crippen LogP contribution is -1.91. The molecule has 0 aliphatic carbocycles. The summed E-state index contributed by atoms with van der Waals surface area (Å²) in [7, 11) is 0. The van der Waals surface area contributed by atoms with Gasteiger partial charge in [-0.25, -0.2) is 9.98 Å². The van der Waals surface area contributed by atoms with Gasteiger partial charge in [0.15, 0.2) is 11.6 Å². The predicted octanol–water partition coefficient (Wildman–Crippen LogP) is 3.08. The van der Waals surface area contributed by atoms with Crippen molar-refractivity contribution in [2.75, 3.05) is 0 Å². The van der Waals surface area contributed by atoms with Crippen molar-refractivity contribution < 1.29 is 9.05 Å². The molecule has 0 aromatic carbocycles. The predicted molar refractivity (Wildman–Crippen MR) is 85.0 cm³/mol. The van der Waals surface area contributed by atoms with E-state index in [0.29, 0.717) is 23.4 Å². The molecule has 2 heterocycles. The van der Waals surface area contributed by atoms with Crippen molar-refractivity contribution in [2.45, 2.75) is 39.8 Å². The van der Waals surface area contributed by atoms with Gasteiger partial charge in [-0.3, -0.25) is 0 Å². The van der Waals surface area contributed by atoms with Crippen molar-refractivity contribution in [2.24, 2.45) is 9.98 Å². The fourth-order valence-electron chi connectivity index (χ4n) is 1.24. The van der Waals surface area contributed by atoms with E-state index in [-0.39, 0.29) is 12.1 Å². The first kappa shape index (κ1) is 17.9. The lowest BCUT2D eigenvalue weighted by molar-refractivity contribution is 0.384. The van der Waals surface area contributed by atoms with Crippen LogP contribution >= 0.6 is 24.4 Å². The van der Waals surface area contributed by atoms with Crippen LogP contribution in [0.4, 0.5) is 0 Å². The van der Waals surface area contributed by atoms with E-state index in [4.69, 9.17) is 9.05 Å². The number of hydrogen-bond acceptors (Lipinski definition) is 10. The summed E-state index contributed by atoms with van der Waals surface area (Å²) >= 11 is 8.86. The third-order valence-electron chi connectivity index (χ3n) is 2.33. The lowest BCUT2D eigenvalue weighted by Gasteiger charge is -1.92. The monoisotopic (exact) mass is 338 g/mol. The van der Waals surface area contributed by atoms with Crippen LogP contribution in [0, 0.1) is 13.8 Å². The van der Waals surface area contributed by atoms with E-state index in [9.17, 15) is 0 Å². The van der Waals surface area contributed by atoms with Crippen molar-refractivity contribution in [3.05, 3.63) is 23.4 Å². The lowest BCUT2D eigenvalue weighted by atomic mass is 10.3. The molecule has 0 aliphatic heterocycles. The molecule has 2 aromatic heterocycles. The summed E-state index contributed by atoms with van der Waals surface area (Å²) in [5, 5.41) is 11.9. The second-order valence-electron chi connectivity index (χ2n) is 4.14. The molecule has 0 radical (unpaired) electrons. The van der Waals surface area contributed by atoms with Crippen LogP contribution in [0.25, 0.3) is 0 Å². The minimum Gasteiger partial charge on any atom is -0.340 e. The molecule has 8 nitrogen and oxygen atoms in total. The van der Waals surface area contributed by atoms with Gasteiger partial charge in [0.1, 0.15) is 12.1 Å². The molecule has 116 valence electrons. The standard InChI is InChI=1S/2C6H7N3OS/c2*1-4(7-3-11)6-8-5(2)10-9-6/h2*4H,1-2H3/t2*4-/m10/s1. The highest BCUT2D eigenvalue weighted by Gasteiger charge is 2.09. The maximum atomic E-state index is 4.75. The highest BCUT2D eigenvalue weighted by molar-refractivity contribution is 7.78. The highest BCUT2D eigenvalue weighted by Crippen LogP contribution is 2.11. The number of aliphatic imine (C=N–C) groups is 2. The minimum atomic E-state index is -0.162. The third kappa shape index (κ3) is 5.71. The Kier molecular flexibility index (Phi) is 7.34. The molecule has 0 amide bonds. The average Bonchev–Trinajstić information content (AvgIpc) is 3.09. The Morgan fingerprint density at radius 3 is 1.45 bits per heavy atom. The molecular formula is C12H14N6O2S2. The van der Waals surface area contributed by atoms with Crippen LogP contribution in [0.15, 0.2) is 19.0 Å². The topological polar surface area (TPSA) is 103 Å². The van der Waals surface area contributed by atoms with E-state index in [0.717, 1.165) is 0 Å². The van der Waals surface area contributed by atoms with Crippen molar-refractivity contribution >= 4 is 34.8 Å². The van der Waals surface area contributed by atoms with E-state index in [1.165, 1.54) is 0 Å². The fourth-order valence-corrected chi connectivity index (χ4v) is 1.56. The Balaban J connectivity index is 0.000000220. The molecule has 0 saturated carbocycles. The number of hydrogen-bond donors (Lipinski definition) is 0. The molecule has 2 atom stereocenters. The van der Waals surface area contributed by atoms with E-state index in [1.54, 1.807) is 13.8 Å². The summed E-state index contributed by atoms with van der Waals surface area (Å²) in [6.45, 7) is 7.10. The number of nitrogens with zero attached hydrogens (tertiary/aromatic N) is 6. The van der Waals surface area contributed by atoms with Crippen LogP contribution in [0.5, 0.6) is 0 Å². The van der Waals surface area contributed by atoms with Gasteiger partial charge in [-0.05, 0) is 38.3 Å². The molecule has 0 bridgehead atoms. The van der Waals surface area contributed by atoms with Gasteiger partial charge in [-0.1, -0.05) is 10.3 Å². The normalized spacial score (nSPS) is 12.2. The summed E-state index contributed by atoms with van der Waals surface area (Å²) < 4.78 is 9.50. The van der Waals surface area contributed by atoms with Crippen molar-refractivity contribution in [1.82, 2.24) is 20.3 Å². The van der Waals surface area contributed by atoms with Crippen molar-refractivity contribution in [1.29, 1.82) is 0 Å². The zero-order chi connectivity index (χ0) is 16.5. The smallest absolute Gasteiger partial charge is 0.223 e. The number of rotatable bonds is 4. The van der Waals surface area contributed by atoms with E-state index in [2.05, 4.69) is 65.0 Å². The molecule has 0 N–H and O–H groups in total. The van der Waals surface area contributed by atoms with Crippen LogP contribution in [0.2, 0.25) is 0 Å². The van der Waals surface area contributed by atoms with Crippen LogP contribution in [-0.2, 0) is 0 Å². The zero-order valence-electron chi connectivity index (χ0n) is 12.5. The molecule has 22 heavy (non-hydrogen) atoms. The summed E-state index contributed by atoms with van der Waals surface area (Å²) in [5.74, 6) is 2.15. The molecule has 2 aromatic rings. The quantitative estimate of drug-likeness (QED) is 0.619.